The summed E-state index contributed by atoms with van der Waals surface area (Å²) in [5, 5.41) is 0. The summed E-state index contributed by atoms with van der Waals surface area (Å²) in [7, 11) is 0. The molecule has 2 heteroatoms. The predicted octanol–water partition coefficient (Wildman–Crippen LogP) is 3.42. The average Bonchev–Trinajstić information content (AvgIpc) is 2.76. The third kappa shape index (κ3) is 22.5. The zero-order valence-corrected chi connectivity index (χ0v) is 9.46. The molecule has 0 spiro atoms. The smallest absolute Gasteiger partial charge is 0.00506 e. The molecule has 75 valence electrons. The molecule has 0 aliphatic heterocycles. The molecule has 1 radical (unpaired) electrons. The van der Waals surface area contributed by atoms with Crippen molar-refractivity contribution in [1.29, 1.82) is 0 Å². The van der Waals surface area contributed by atoms with E-state index >= 15 is 0 Å². The zero-order valence-electron chi connectivity index (χ0n) is 8.19. The van der Waals surface area contributed by atoms with E-state index in [2.05, 4.69) is 19.8 Å². The number of unbranched alkanes of at least 4 members (excludes halogenated alkanes) is 1. The Hall–Kier alpha value is -0.768. The van der Waals surface area contributed by atoms with Crippen LogP contribution in [-0.2, 0) is 22.0 Å². The number of allylic oxidation sites excluding steroid dienone is 6. The van der Waals surface area contributed by atoms with E-state index in [9.17, 15) is 0 Å². The molecule has 0 amide bonds. The summed E-state index contributed by atoms with van der Waals surface area (Å²) in [5.41, 5.74) is 0. The van der Waals surface area contributed by atoms with Gasteiger partial charge in [-0.1, -0.05) is 36.5 Å². The molecule has 0 aromatic rings. The monoisotopic (exact) mass is 227 g/mol. The van der Waals surface area contributed by atoms with E-state index in [1.807, 2.05) is 42.9 Å². The largest absolute Gasteiger partial charge is 0.0767 e. The third-order valence-electron chi connectivity index (χ3n) is 1.13. The summed E-state index contributed by atoms with van der Waals surface area (Å²) < 4.78 is 7.50. The van der Waals surface area contributed by atoms with Gasteiger partial charge in [0.1, 0.15) is 0 Å². The van der Waals surface area contributed by atoms with Gasteiger partial charge < -0.3 is 0 Å². The van der Waals surface area contributed by atoms with Crippen LogP contribution in [0.2, 0.25) is 0 Å². The Morgan fingerprint density at radius 1 is 0.929 bits per heavy atom. The summed E-state index contributed by atoms with van der Waals surface area (Å²) in [6, 6.07) is 0. The van der Waals surface area contributed by atoms with Crippen LogP contribution in [-0.4, -0.2) is 0 Å². The molecule has 0 atom stereocenters. The van der Waals surface area contributed by atoms with E-state index in [0.29, 0.717) is 0 Å². The van der Waals surface area contributed by atoms with Crippen LogP contribution in [0.4, 0.5) is 0 Å². The summed E-state index contributed by atoms with van der Waals surface area (Å²) in [5.74, 6) is 0. The first-order valence-electron chi connectivity index (χ1n) is 4.00. The number of hydrogen-bond acceptors (Lipinski definition) is 0. The van der Waals surface area contributed by atoms with E-state index in [1.165, 1.54) is 0 Å². The van der Waals surface area contributed by atoms with E-state index in [-0.39, 0.29) is 17.4 Å². The van der Waals surface area contributed by atoms with E-state index < -0.39 is 0 Å². The second-order valence-electron chi connectivity index (χ2n) is 2.12. The Kier molecular flexibility index (Phi) is 30.8. The van der Waals surface area contributed by atoms with Gasteiger partial charge in [0.25, 0.3) is 0 Å². The number of hydrogen-bond donors (Lipinski definition) is 0. The van der Waals surface area contributed by atoms with Crippen LogP contribution in [0.5, 0.6) is 0 Å². The topological polar surface area (TPSA) is 19.9 Å². The molecule has 0 N–H and O–H groups in total. The van der Waals surface area contributed by atoms with Gasteiger partial charge in [-0.25, -0.2) is 0 Å². The van der Waals surface area contributed by atoms with Crippen LogP contribution in [0, 0.1) is 13.1 Å². The van der Waals surface area contributed by atoms with Gasteiger partial charge in [0.05, 0.1) is 0 Å². The molecule has 1 nitrogen and oxygen atoms in total. The van der Waals surface area contributed by atoms with Gasteiger partial charge in [0, 0.05) is 23.8 Å². The second-order valence-corrected chi connectivity index (χ2v) is 2.12. The van der Waals surface area contributed by atoms with Gasteiger partial charge in [-0.2, -0.15) is 0 Å². The molecule has 0 unspecified atom stereocenters. The standard InChI is InChI=1S/C6H10.C5H5.CO.Cr/c1-3-5-6-4-2;1-2-4-5-3-1;1-2;/h3-4H,1-2,5-6H2;1-5H;;. The molecule has 1 aliphatic rings. The van der Waals surface area contributed by atoms with Crippen molar-refractivity contribution in [3.63, 3.8) is 0 Å². The van der Waals surface area contributed by atoms with Gasteiger partial charge in [0.15, 0.2) is 0 Å². The van der Waals surface area contributed by atoms with Crippen molar-refractivity contribution in [1.82, 2.24) is 0 Å². The average molecular weight is 227 g/mol. The maximum absolute atomic E-state index is 7.50. The maximum atomic E-state index is 7.50. The van der Waals surface area contributed by atoms with Crippen LogP contribution in [0.1, 0.15) is 12.8 Å². The van der Waals surface area contributed by atoms with Gasteiger partial charge in [-0.3, -0.25) is 0 Å². The van der Waals surface area contributed by atoms with Crippen LogP contribution >= 0.6 is 0 Å². The van der Waals surface area contributed by atoms with E-state index in [0.717, 1.165) is 12.8 Å². The van der Waals surface area contributed by atoms with Crippen molar-refractivity contribution in [3.8, 4) is 0 Å². The molecule has 1 rings (SSSR count). The predicted molar refractivity (Wildman–Crippen MR) is 56.1 cm³/mol. The first-order valence-corrected chi connectivity index (χ1v) is 4.00. The molecule has 0 saturated carbocycles. The summed E-state index contributed by atoms with van der Waals surface area (Å²) in [6.07, 6.45) is 15.9. The Morgan fingerprint density at radius 3 is 1.43 bits per heavy atom. The van der Waals surface area contributed by atoms with Crippen LogP contribution in [0.15, 0.2) is 49.6 Å². The Bertz CT molecular complexity index is 172. The van der Waals surface area contributed by atoms with Crippen molar-refractivity contribution in [2.75, 3.05) is 0 Å². The first-order chi connectivity index (χ1) is 6.41. The van der Waals surface area contributed by atoms with Crippen molar-refractivity contribution in [2.24, 2.45) is 0 Å². The van der Waals surface area contributed by atoms with Crippen molar-refractivity contribution in [3.05, 3.63) is 62.7 Å². The fourth-order valence-electron chi connectivity index (χ4n) is 0.556. The minimum atomic E-state index is 0. The molecular formula is C12H15CrO. The second kappa shape index (κ2) is 22.8. The van der Waals surface area contributed by atoms with Crippen molar-refractivity contribution < 1.29 is 22.0 Å². The van der Waals surface area contributed by atoms with Crippen molar-refractivity contribution in [2.45, 2.75) is 12.8 Å². The minimum absolute atomic E-state index is 0. The zero-order chi connectivity index (χ0) is 10.4. The summed E-state index contributed by atoms with van der Waals surface area (Å²) in [6.45, 7) is 11.6. The van der Waals surface area contributed by atoms with Crippen LogP contribution in [0.25, 0.3) is 0 Å². The molecule has 0 fully saturated rings. The van der Waals surface area contributed by atoms with Gasteiger partial charge in [-0.15, -0.1) is 13.2 Å². The molecular weight excluding hydrogens is 212 g/mol. The minimum Gasteiger partial charge on any atom is -0.0767 e. The molecule has 0 aromatic heterocycles. The van der Waals surface area contributed by atoms with Crippen LogP contribution in [0.3, 0.4) is 0 Å². The Morgan fingerprint density at radius 2 is 1.29 bits per heavy atom. The fraction of sp³-hybridized carbons (Fsp3) is 0.167. The molecule has 14 heavy (non-hydrogen) atoms. The summed E-state index contributed by atoms with van der Waals surface area (Å²) in [4.78, 5) is 0. The Labute approximate surface area is 97.8 Å². The van der Waals surface area contributed by atoms with Crippen molar-refractivity contribution >= 4 is 0 Å². The molecule has 1 aliphatic carbocycles. The first kappa shape index (κ1) is 18.9. The van der Waals surface area contributed by atoms with Gasteiger partial charge in [0.2, 0.25) is 0 Å². The quantitative estimate of drug-likeness (QED) is 0.305. The summed E-state index contributed by atoms with van der Waals surface area (Å²) >= 11 is 0. The number of rotatable bonds is 3. The Balaban J connectivity index is -0.000000139. The van der Waals surface area contributed by atoms with Gasteiger partial charge in [-0.05, 0) is 12.8 Å². The molecule has 0 aromatic carbocycles. The molecule has 0 bridgehead atoms. The maximum Gasteiger partial charge on any atom is 0.00506 e. The van der Waals surface area contributed by atoms with E-state index in [1.54, 1.807) is 0 Å². The van der Waals surface area contributed by atoms with E-state index in [4.69, 9.17) is 4.65 Å². The normalized spacial score (nSPS) is 9.57. The van der Waals surface area contributed by atoms with Crippen LogP contribution < -0.4 is 0 Å². The fourth-order valence-corrected chi connectivity index (χ4v) is 0.556. The molecule has 0 heterocycles. The molecule has 0 saturated heterocycles. The third-order valence-corrected chi connectivity index (χ3v) is 1.13. The van der Waals surface area contributed by atoms with Gasteiger partial charge >= 0.3 is 11.3 Å². The SMILES string of the molecule is C=CCCC=C.[C-]#[O+].[CH]1C=CC=C1.[Cr].